The van der Waals surface area contributed by atoms with Crippen molar-refractivity contribution in [3.63, 3.8) is 0 Å². The highest BCUT2D eigenvalue weighted by atomic mass is 16.4. The lowest BCUT2D eigenvalue weighted by molar-refractivity contribution is 0.0961. The molecule has 21 heavy (non-hydrogen) atoms. The number of aryl methyl sites for hydroxylation is 1. The minimum atomic E-state index is -1.15. The molecule has 0 aliphatic carbocycles. The zero-order chi connectivity index (χ0) is 15.6. The molecule has 0 saturated carbocycles. The average molecular weight is 290 g/mol. The number of rotatable bonds is 4. The third kappa shape index (κ3) is 3.19. The predicted molar refractivity (Wildman–Crippen MR) is 77.1 cm³/mol. The number of anilines is 1. The van der Waals surface area contributed by atoms with E-state index in [0.717, 1.165) is 5.56 Å². The number of nitrogens with zero attached hydrogens (tertiary/aromatic N) is 3. The molecule has 2 aromatic rings. The molecular weight excluding hydrogens is 272 g/mol. The number of pyridine rings is 1. The van der Waals surface area contributed by atoms with E-state index in [-0.39, 0.29) is 0 Å². The fourth-order valence-electron chi connectivity index (χ4n) is 2.05. The van der Waals surface area contributed by atoms with Crippen molar-refractivity contribution in [2.24, 2.45) is 7.05 Å². The van der Waals surface area contributed by atoms with Gasteiger partial charge in [-0.05, 0) is 17.7 Å². The molecule has 0 aliphatic heterocycles. The largest absolute Gasteiger partial charge is 0.465 e. The molecule has 2 aromatic heterocycles. The first-order valence-corrected chi connectivity index (χ1v) is 6.44. The van der Waals surface area contributed by atoms with E-state index in [0.29, 0.717) is 11.4 Å². The lowest BCUT2D eigenvalue weighted by atomic mass is 9.79. The summed E-state index contributed by atoms with van der Waals surface area (Å²) >= 11 is 0. The predicted octanol–water partition coefficient (Wildman–Crippen LogP) is 1.92. The number of aliphatic hydroxyl groups excluding tert-OH is 1. The summed E-state index contributed by atoms with van der Waals surface area (Å²) in [6.45, 7) is 3.81. The number of hydrogen-bond donors (Lipinski definition) is 3. The molecule has 0 aromatic carbocycles. The lowest BCUT2D eigenvalue weighted by Gasteiger charge is -2.29. The molecule has 0 bridgehead atoms. The summed E-state index contributed by atoms with van der Waals surface area (Å²) in [5, 5.41) is 25.5. The summed E-state index contributed by atoms with van der Waals surface area (Å²) in [4.78, 5) is 14.7. The van der Waals surface area contributed by atoms with Gasteiger partial charge in [-0.2, -0.15) is 5.10 Å². The number of carboxylic acid groups (broad SMARTS) is 1. The Hall–Kier alpha value is -2.41. The van der Waals surface area contributed by atoms with Gasteiger partial charge in [-0.3, -0.25) is 15.0 Å². The van der Waals surface area contributed by atoms with E-state index in [4.69, 9.17) is 5.11 Å². The van der Waals surface area contributed by atoms with Gasteiger partial charge >= 0.3 is 6.09 Å². The normalized spacial score (nSPS) is 13.0. The van der Waals surface area contributed by atoms with Crippen LogP contribution in [0.2, 0.25) is 0 Å². The van der Waals surface area contributed by atoms with Crippen LogP contribution in [0.3, 0.4) is 0 Å². The Morgan fingerprint density at radius 2 is 2.10 bits per heavy atom. The van der Waals surface area contributed by atoms with Crippen LogP contribution in [0.5, 0.6) is 0 Å². The van der Waals surface area contributed by atoms with Crippen molar-refractivity contribution in [3.05, 3.63) is 42.0 Å². The molecule has 1 amide bonds. The second kappa shape index (κ2) is 5.53. The molecule has 0 radical (unpaired) electrons. The van der Waals surface area contributed by atoms with Gasteiger partial charge in [-0.1, -0.05) is 13.8 Å². The molecule has 2 rings (SSSR count). The van der Waals surface area contributed by atoms with Crippen LogP contribution in [-0.4, -0.2) is 31.1 Å². The molecule has 0 fully saturated rings. The van der Waals surface area contributed by atoms with Crippen LogP contribution >= 0.6 is 0 Å². The highest BCUT2D eigenvalue weighted by molar-refractivity contribution is 5.82. The summed E-state index contributed by atoms with van der Waals surface area (Å²) in [6.07, 6.45) is 2.96. The van der Waals surface area contributed by atoms with Crippen LogP contribution in [0.15, 0.2) is 30.7 Å². The van der Waals surface area contributed by atoms with Crippen molar-refractivity contribution >= 4 is 11.8 Å². The van der Waals surface area contributed by atoms with Crippen LogP contribution in [0.1, 0.15) is 31.2 Å². The summed E-state index contributed by atoms with van der Waals surface area (Å²) < 4.78 is 1.68. The maximum atomic E-state index is 10.5. The first-order chi connectivity index (χ1) is 9.80. The molecule has 2 heterocycles. The van der Waals surface area contributed by atoms with Crippen LogP contribution in [0.4, 0.5) is 10.5 Å². The fraction of sp³-hybridized carbons (Fsp3) is 0.357. The summed E-state index contributed by atoms with van der Waals surface area (Å²) in [6, 6.07) is 3.17. The van der Waals surface area contributed by atoms with E-state index < -0.39 is 17.6 Å². The summed E-state index contributed by atoms with van der Waals surface area (Å²) in [5.74, 6) is 0. The number of aliphatic hydroxyl groups is 1. The summed E-state index contributed by atoms with van der Waals surface area (Å²) in [5.41, 5.74) is 1.16. The van der Waals surface area contributed by atoms with E-state index in [1.165, 1.54) is 6.20 Å². The van der Waals surface area contributed by atoms with Crippen LogP contribution in [0.25, 0.3) is 0 Å². The topological polar surface area (TPSA) is 100 Å². The number of carbonyl (C=O) groups is 1. The third-order valence-corrected chi connectivity index (χ3v) is 3.45. The maximum absolute atomic E-state index is 10.5. The number of hydrogen-bond acceptors (Lipinski definition) is 4. The molecule has 1 unspecified atom stereocenters. The van der Waals surface area contributed by atoms with Crippen LogP contribution < -0.4 is 5.32 Å². The quantitative estimate of drug-likeness (QED) is 0.798. The monoisotopic (exact) mass is 290 g/mol. The van der Waals surface area contributed by atoms with Crippen molar-refractivity contribution in [1.29, 1.82) is 0 Å². The van der Waals surface area contributed by atoms with Gasteiger partial charge in [-0.25, -0.2) is 4.79 Å². The van der Waals surface area contributed by atoms with Crippen molar-refractivity contribution in [3.8, 4) is 0 Å². The van der Waals surface area contributed by atoms with E-state index in [1.807, 2.05) is 27.1 Å². The van der Waals surface area contributed by atoms with Gasteiger partial charge in [0.05, 0.1) is 23.8 Å². The molecular formula is C14H18N4O3. The third-order valence-electron chi connectivity index (χ3n) is 3.45. The Morgan fingerprint density at radius 1 is 1.38 bits per heavy atom. The Bertz CT molecular complexity index is 634. The molecule has 0 spiro atoms. The maximum Gasteiger partial charge on any atom is 0.409 e. The van der Waals surface area contributed by atoms with Crippen LogP contribution in [0, 0.1) is 0 Å². The van der Waals surface area contributed by atoms with Gasteiger partial charge in [-0.15, -0.1) is 0 Å². The van der Waals surface area contributed by atoms with Crippen LogP contribution in [-0.2, 0) is 12.5 Å². The lowest BCUT2D eigenvalue weighted by Crippen LogP contribution is -2.27. The van der Waals surface area contributed by atoms with Crippen molar-refractivity contribution in [2.45, 2.75) is 25.4 Å². The average Bonchev–Trinajstić information content (AvgIpc) is 2.85. The number of amides is 1. The second-order valence-corrected chi connectivity index (χ2v) is 5.43. The zero-order valence-corrected chi connectivity index (χ0v) is 12.1. The Balaban J connectivity index is 2.22. The molecule has 1 atom stereocenters. The Labute approximate surface area is 122 Å². The first-order valence-electron chi connectivity index (χ1n) is 6.44. The zero-order valence-electron chi connectivity index (χ0n) is 12.1. The van der Waals surface area contributed by atoms with Gasteiger partial charge in [0, 0.05) is 18.7 Å². The van der Waals surface area contributed by atoms with E-state index in [2.05, 4.69) is 15.4 Å². The van der Waals surface area contributed by atoms with E-state index in [1.54, 1.807) is 23.0 Å². The number of aromatic nitrogens is 3. The van der Waals surface area contributed by atoms with Gasteiger partial charge in [0.1, 0.15) is 6.10 Å². The SMILES string of the molecule is Cn1cc(C(C)(C)C(O)c2ccc(NC(=O)O)cn2)cn1. The van der Waals surface area contributed by atoms with Gasteiger partial charge in [0.25, 0.3) is 0 Å². The molecule has 0 saturated heterocycles. The second-order valence-electron chi connectivity index (χ2n) is 5.43. The van der Waals surface area contributed by atoms with Crippen molar-refractivity contribution < 1.29 is 15.0 Å². The van der Waals surface area contributed by atoms with Crippen molar-refractivity contribution in [2.75, 3.05) is 5.32 Å². The minimum absolute atomic E-state index is 0.359. The molecule has 0 aliphatic rings. The van der Waals surface area contributed by atoms with Gasteiger partial charge in [0.15, 0.2) is 0 Å². The first kappa shape index (κ1) is 15.0. The Kier molecular flexibility index (Phi) is 3.95. The minimum Gasteiger partial charge on any atom is -0.465 e. The molecule has 7 heteroatoms. The fourth-order valence-corrected chi connectivity index (χ4v) is 2.05. The van der Waals surface area contributed by atoms with E-state index in [9.17, 15) is 9.90 Å². The number of nitrogens with one attached hydrogen (secondary N) is 1. The standard InChI is InChI=1S/C14H18N4O3/c1-14(2,9-6-16-18(3)8-9)12(19)11-5-4-10(7-15-11)17-13(20)21/h4-8,12,17,19H,1-3H3,(H,20,21). The van der Waals surface area contributed by atoms with Gasteiger partial charge < -0.3 is 10.2 Å². The molecule has 112 valence electrons. The summed E-state index contributed by atoms with van der Waals surface area (Å²) in [7, 11) is 1.82. The highest BCUT2D eigenvalue weighted by Gasteiger charge is 2.33. The Morgan fingerprint density at radius 3 is 2.57 bits per heavy atom. The van der Waals surface area contributed by atoms with Crippen molar-refractivity contribution in [1.82, 2.24) is 14.8 Å². The highest BCUT2D eigenvalue weighted by Crippen LogP contribution is 2.35. The smallest absolute Gasteiger partial charge is 0.409 e. The molecule has 3 N–H and O–H groups in total. The van der Waals surface area contributed by atoms with E-state index >= 15 is 0 Å². The van der Waals surface area contributed by atoms with Gasteiger partial charge in [0.2, 0.25) is 0 Å². The molecule has 7 nitrogen and oxygen atoms in total.